The number of hydrogen-bond donors (Lipinski definition) is 3. The Morgan fingerprint density at radius 1 is 1.26 bits per heavy atom. The number of aromatic nitrogens is 2. The van der Waals surface area contributed by atoms with Crippen LogP contribution in [0.3, 0.4) is 0 Å². The number of hydrogen-bond acceptors (Lipinski definition) is 5. The number of anilines is 2. The minimum absolute atomic E-state index is 0.00979. The van der Waals surface area contributed by atoms with E-state index in [9.17, 15) is 18.0 Å². The quantitative estimate of drug-likeness (QED) is 0.750. The second kappa shape index (κ2) is 6.21. The van der Waals surface area contributed by atoms with Gasteiger partial charge >= 0.3 is 6.18 Å². The zero-order chi connectivity index (χ0) is 14.5. The van der Waals surface area contributed by atoms with Gasteiger partial charge in [-0.05, 0) is 0 Å². The molecule has 1 aromatic rings. The van der Waals surface area contributed by atoms with E-state index in [4.69, 9.17) is 0 Å². The van der Waals surface area contributed by atoms with Crippen molar-refractivity contribution in [1.82, 2.24) is 15.3 Å². The average molecular weight is 277 g/mol. The Morgan fingerprint density at radius 2 is 1.89 bits per heavy atom. The van der Waals surface area contributed by atoms with Crippen molar-refractivity contribution >= 4 is 17.5 Å². The van der Waals surface area contributed by atoms with Gasteiger partial charge in [0.05, 0.1) is 0 Å². The summed E-state index contributed by atoms with van der Waals surface area (Å²) in [5.41, 5.74) is 0. The monoisotopic (exact) mass is 277 g/mol. The molecule has 1 aromatic heterocycles. The highest BCUT2D eigenvalue weighted by atomic mass is 19.4. The molecule has 1 rings (SSSR count). The maximum atomic E-state index is 12.5. The number of alkyl halides is 3. The van der Waals surface area contributed by atoms with Crippen LogP contribution in [0, 0.1) is 0 Å². The number of nitrogens with zero attached hydrogens (tertiary/aromatic N) is 2. The van der Waals surface area contributed by atoms with Crippen molar-refractivity contribution in [3.8, 4) is 0 Å². The molecule has 0 saturated heterocycles. The van der Waals surface area contributed by atoms with E-state index in [1.165, 1.54) is 20.2 Å². The Hall–Kier alpha value is -2.06. The van der Waals surface area contributed by atoms with Gasteiger partial charge in [0, 0.05) is 33.1 Å². The SMILES string of the molecule is CNC(=O)CCNc1cc(NC)nc(C(F)(F)F)n1. The molecule has 0 unspecified atom stereocenters. The Balaban J connectivity index is 2.80. The van der Waals surface area contributed by atoms with Gasteiger partial charge in [-0.15, -0.1) is 0 Å². The lowest BCUT2D eigenvalue weighted by molar-refractivity contribution is -0.144. The maximum Gasteiger partial charge on any atom is 0.451 e. The molecule has 1 amide bonds. The summed E-state index contributed by atoms with van der Waals surface area (Å²) in [6, 6.07) is 1.33. The van der Waals surface area contributed by atoms with Crippen LogP contribution in [0.1, 0.15) is 12.2 Å². The molecule has 3 N–H and O–H groups in total. The third kappa shape index (κ3) is 4.60. The molecular formula is C10H14F3N5O. The highest BCUT2D eigenvalue weighted by Gasteiger charge is 2.35. The van der Waals surface area contributed by atoms with E-state index in [1.54, 1.807) is 0 Å². The van der Waals surface area contributed by atoms with Crippen LogP contribution >= 0.6 is 0 Å². The third-order valence-corrected chi connectivity index (χ3v) is 2.17. The molecule has 0 radical (unpaired) electrons. The zero-order valence-corrected chi connectivity index (χ0v) is 10.4. The molecule has 0 fully saturated rings. The fourth-order valence-electron chi connectivity index (χ4n) is 1.22. The largest absolute Gasteiger partial charge is 0.451 e. The van der Waals surface area contributed by atoms with Gasteiger partial charge in [-0.1, -0.05) is 0 Å². The van der Waals surface area contributed by atoms with E-state index in [0.29, 0.717) is 0 Å². The summed E-state index contributed by atoms with van der Waals surface area (Å²) in [5, 5.41) is 7.57. The number of nitrogens with one attached hydrogen (secondary N) is 3. The van der Waals surface area contributed by atoms with Gasteiger partial charge in [0.1, 0.15) is 11.6 Å². The fraction of sp³-hybridized carbons (Fsp3) is 0.500. The van der Waals surface area contributed by atoms with Crippen LogP contribution in [0.25, 0.3) is 0 Å². The summed E-state index contributed by atoms with van der Waals surface area (Å²) in [7, 11) is 2.94. The van der Waals surface area contributed by atoms with Crippen LogP contribution < -0.4 is 16.0 Å². The summed E-state index contributed by atoms with van der Waals surface area (Å²) in [6.07, 6.45) is -4.49. The molecule has 1 heterocycles. The molecule has 0 aliphatic heterocycles. The number of amides is 1. The van der Waals surface area contributed by atoms with Crippen molar-refractivity contribution in [3.05, 3.63) is 11.9 Å². The summed E-state index contributed by atoms with van der Waals surface area (Å²) >= 11 is 0. The molecule has 0 atom stereocenters. The summed E-state index contributed by atoms with van der Waals surface area (Å²) < 4.78 is 37.6. The van der Waals surface area contributed by atoms with Gasteiger partial charge in [-0.3, -0.25) is 4.79 Å². The Bertz CT molecular complexity index is 449. The van der Waals surface area contributed by atoms with Gasteiger partial charge in [0.15, 0.2) is 0 Å². The van der Waals surface area contributed by atoms with Crippen LogP contribution in [-0.4, -0.2) is 36.5 Å². The first-order valence-electron chi connectivity index (χ1n) is 5.45. The topological polar surface area (TPSA) is 78.9 Å². The maximum absolute atomic E-state index is 12.5. The van der Waals surface area contributed by atoms with E-state index in [2.05, 4.69) is 25.9 Å². The summed E-state index contributed by atoms with van der Waals surface area (Å²) in [6.45, 7) is 0.178. The first kappa shape index (κ1) is 15.0. The van der Waals surface area contributed by atoms with Crippen LogP contribution in [0.4, 0.5) is 24.8 Å². The number of halogens is 3. The van der Waals surface area contributed by atoms with Gasteiger partial charge in [-0.2, -0.15) is 13.2 Å². The molecule has 0 saturated carbocycles. The highest BCUT2D eigenvalue weighted by molar-refractivity contribution is 5.76. The van der Waals surface area contributed by atoms with Gasteiger partial charge < -0.3 is 16.0 Å². The molecular weight excluding hydrogens is 263 g/mol. The molecule has 9 heteroatoms. The minimum Gasteiger partial charge on any atom is -0.373 e. The molecule has 106 valence electrons. The van der Waals surface area contributed by atoms with E-state index in [1.807, 2.05) is 0 Å². The summed E-state index contributed by atoms with van der Waals surface area (Å²) in [5.74, 6) is -1.39. The van der Waals surface area contributed by atoms with Crippen LogP contribution in [0.15, 0.2) is 6.07 Å². The second-order valence-corrected chi connectivity index (χ2v) is 3.56. The summed E-state index contributed by atoms with van der Waals surface area (Å²) in [4.78, 5) is 17.6. The lowest BCUT2D eigenvalue weighted by atomic mass is 10.4. The average Bonchev–Trinajstić information content (AvgIpc) is 2.37. The first-order valence-corrected chi connectivity index (χ1v) is 5.45. The zero-order valence-electron chi connectivity index (χ0n) is 10.4. The van der Waals surface area contributed by atoms with Gasteiger partial charge in [0.2, 0.25) is 11.7 Å². The predicted octanol–water partition coefficient (Wildman–Crippen LogP) is 1.09. The molecule has 0 aliphatic carbocycles. The van der Waals surface area contributed by atoms with E-state index in [-0.39, 0.29) is 30.5 Å². The van der Waals surface area contributed by atoms with Gasteiger partial charge in [0.25, 0.3) is 0 Å². The number of carbonyl (C=O) groups is 1. The Kier molecular flexibility index (Phi) is 4.90. The van der Waals surface area contributed by atoms with Crippen molar-refractivity contribution in [3.63, 3.8) is 0 Å². The van der Waals surface area contributed by atoms with Crippen molar-refractivity contribution in [2.24, 2.45) is 0 Å². The lowest BCUT2D eigenvalue weighted by Crippen LogP contribution is -2.21. The molecule has 6 nitrogen and oxygen atoms in total. The van der Waals surface area contributed by atoms with E-state index in [0.717, 1.165) is 0 Å². The van der Waals surface area contributed by atoms with Crippen molar-refractivity contribution in [2.45, 2.75) is 12.6 Å². The third-order valence-electron chi connectivity index (χ3n) is 2.17. The van der Waals surface area contributed by atoms with E-state index >= 15 is 0 Å². The molecule has 19 heavy (non-hydrogen) atoms. The van der Waals surface area contributed by atoms with Gasteiger partial charge in [-0.25, -0.2) is 9.97 Å². The fourth-order valence-corrected chi connectivity index (χ4v) is 1.22. The van der Waals surface area contributed by atoms with Crippen LogP contribution in [0.2, 0.25) is 0 Å². The van der Waals surface area contributed by atoms with Crippen molar-refractivity contribution < 1.29 is 18.0 Å². The second-order valence-electron chi connectivity index (χ2n) is 3.56. The Labute approximate surface area is 107 Å². The highest BCUT2D eigenvalue weighted by Crippen LogP contribution is 2.28. The molecule has 0 aromatic carbocycles. The van der Waals surface area contributed by atoms with Crippen LogP contribution in [0.5, 0.6) is 0 Å². The van der Waals surface area contributed by atoms with Crippen molar-refractivity contribution in [1.29, 1.82) is 0 Å². The smallest absolute Gasteiger partial charge is 0.373 e. The predicted molar refractivity (Wildman–Crippen MR) is 63.8 cm³/mol. The Morgan fingerprint density at radius 3 is 2.42 bits per heavy atom. The van der Waals surface area contributed by atoms with Crippen LogP contribution in [-0.2, 0) is 11.0 Å². The number of carbonyl (C=O) groups excluding carboxylic acids is 1. The molecule has 0 bridgehead atoms. The molecule has 0 spiro atoms. The first-order chi connectivity index (χ1) is 8.86. The van der Waals surface area contributed by atoms with E-state index < -0.39 is 12.0 Å². The minimum atomic E-state index is -4.62. The lowest BCUT2D eigenvalue weighted by Gasteiger charge is -2.11. The van der Waals surface area contributed by atoms with Crippen molar-refractivity contribution in [2.75, 3.05) is 31.3 Å². The molecule has 0 aliphatic rings. The number of rotatable bonds is 5. The standard InChI is InChI=1S/C10H14F3N5O/c1-14-6-5-7(16-4-3-8(19)15-2)18-9(17-6)10(11,12)13/h5H,3-4H2,1-2H3,(H,15,19)(H2,14,16,17,18). The normalized spacial score (nSPS) is 11.0.